The fourth-order valence-corrected chi connectivity index (χ4v) is 4.78. The second kappa shape index (κ2) is 14.5. The third-order valence-electron chi connectivity index (χ3n) is 6.80. The van der Waals surface area contributed by atoms with Gasteiger partial charge in [-0.1, -0.05) is 121 Å². The summed E-state index contributed by atoms with van der Waals surface area (Å²) in [5.74, 6) is 0. The molecule has 0 radical (unpaired) electrons. The summed E-state index contributed by atoms with van der Waals surface area (Å²) in [5, 5.41) is 13.0. The van der Waals surface area contributed by atoms with Crippen LogP contribution in [0.4, 0.5) is 0 Å². The average Bonchev–Trinajstić information content (AvgIpc) is 3.32. The highest BCUT2D eigenvalue weighted by Gasteiger charge is 2.47. The van der Waals surface area contributed by atoms with Crippen molar-refractivity contribution in [3.63, 3.8) is 0 Å². The van der Waals surface area contributed by atoms with Crippen LogP contribution in [0.15, 0.2) is 121 Å². The van der Waals surface area contributed by atoms with E-state index in [0.717, 1.165) is 27.0 Å². The maximum atomic E-state index is 13.0. The van der Waals surface area contributed by atoms with Gasteiger partial charge in [-0.05, 0) is 16.7 Å². The normalized spacial score (nSPS) is 20.9. The molecule has 6 nitrogen and oxygen atoms in total. The van der Waals surface area contributed by atoms with Crippen molar-refractivity contribution in [3.05, 3.63) is 149 Å². The SMILES string of the molecule is [O-]/[N+](=C\[C@@H]1O[C@H](COCc2ccccc2)[C@@H](OCc2ccccc2)[C@H]1OCc1ccccc1)Cc1ccccc1. The summed E-state index contributed by atoms with van der Waals surface area (Å²) >= 11 is 0. The lowest BCUT2D eigenvalue weighted by Crippen LogP contribution is -2.40. The van der Waals surface area contributed by atoms with E-state index in [9.17, 15) is 5.21 Å². The number of ether oxygens (including phenoxy) is 4. The predicted octanol–water partition coefficient (Wildman–Crippen LogP) is 5.92. The van der Waals surface area contributed by atoms with Crippen LogP contribution in [-0.4, -0.2) is 42.0 Å². The molecule has 0 amide bonds. The number of hydrogen-bond acceptors (Lipinski definition) is 5. The minimum Gasteiger partial charge on any atom is -0.624 e. The summed E-state index contributed by atoms with van der Waals surface area (Å²) in [4.78, 5) is 0. The number of rotatable bonds is 13. The van der Waals surface area contributed by atoms with Gasteiger partial charge in [-0.25, -0.2) is 4.74 Å². The summed E-state index contributed by atoms with van der Waals surface area (Å²) < 4.78 is 26.3. The Kier molecular flexibility index (Phi) is 10.1. The van der Waals surface area contributed by atoms with E-state index in [4.69, 9.17) is 18.9 Å². The lowest BCUT2D eigenvalue weighted by atomic mass is 10.1. The molecule has 4 aromatic carbocycles. The van der Waals surface area contributed by atoms with E-state index in [1.807, 2.05) is 121 Å². The van der Waals surface area contributed by atoms with Gasteiger partial charge in [0.05, 0.1) is 26.4 Å². The van der Waals surface area contributed by atoms with Gasteiger partial charge < -0.3 is 24.2 Å². The highest BCUT2D eigenvalue weighted by molar-refractivity contribution is 5.60. The molecule has 0 bridgehead atoms. The smallest absolute Gasteiger partial charge is 0.183 e. The minimum absolute atomic E-state index is 0.219. The third-order valence-corrected chi connectivity index (χ3v) is 6.80. The molecule has 206 valence electrons. The van der Waals surface area contributed by atoms with Crippen molar-refractivity contribution in [2.45, 2.75) is 50.8 Å². The quantitative estimate of drug-likeness (QED) is 0.0917. The van der Waals surface area contributed by atoms with Crippen molar-refractivity contribution in [1.29, 1.82) is 0 Å². The standard InChI is InChI=1S/C34H35NO5/c36-35(21-27-13-5-1-6-14-27)22-31-33(38-24-29-17-9-3-10-18-29)34(39-25-30-19-11-4-12-20-30)32(40-31)26-37-23-28-15-7-2-8-16-28/h1-20,22,31-34H,21,23-26H2/b35-22-/t31-,32+,33-,34+/m0/s1. The van der Waals surface area contributed by atoms with E-state index in [1.54, 1.807) is 6.21 Å². The molecule has 0 spiro atoms. The van der Waals surface area contributed by atoms with Crippen LogP contribution < -0.4 is 0 Å². The maximum Gasteiger partial charge on any atom is 0.183 e. The lowest BCUT2D eigenvalue weighted by molar-refractivity contribution is -0.473. The second-order valence-corrected chi connectivity index (χ2v) is 9.87. The van der Waals surface area contributed by atoms with Crippen LogP contribution in [0.3, 0.4) is 0 Å². The average molecular weight is 538 g/mol. The predicted molar refractivity (Wildman–Crippen MR) is 155 cm³/mol. The fourth-order valence-electron chi connectivity index (χ4n) is 4.78. The summed E-state index contributed by atoms with van der Waals surface area (Å²) in [6.07, 6.45) is -0.387. The molecule has 0 N–H and O–H groups in total. The Hall–Kier alpha value is -3.81. The molecule has 0 aromatic heterocycles. The summed E-state index contributed by atoms with van der Waals surface area (Å²) in [6, 6.07) is 39.7. The van der Waals surface area contributed by atoms with Gasteiger partial charge in [0.1, 0.15) is 18.3 Å². The molecule has 0 unspecified atom stereocenters. The van der Waals surface area contributed by atoms with E-state index in [0.29, 0.717) is 26.4 Å². The Labute approximate surface area is 236 Å². The molecule has 1 heterocycles. The second-order valence-electron chi connectivity index (χ2n) is 9.87. The first-order valence-corrected chi connectivity index (χ1v) is 13.7. The van der Waals surface area contributed by atoms with Crippen molar-refractivity contribution in [1.82, 2.24) is 0 Å². The van der Waals surface area contributed by atoms with Crippen LogP contribution in [0.5, 0.6) is 0 Å². The first kappa shape index (κ1) is 27.7. The fraction of sp³-hybridized carbons (Fsp3) is 0.265. The van der Waals surface area contributed by atoms with Gasteiger partial charge in [0.15, 0.2) is 18.9 Å². The van der Waals surface area contributed by atoms with Gasteiger partial charge in [0.2, 0.25) is 0 Å². The van der Waals surface area contributed by atoms with Gasteiger partial charge in [-0.3, -0.25) is 0 Å². The van der Waals surface area contributed by atoms with E-state index < -0.39 is 24.4 Å². The lowest BCUT2D eigenvalue weighted by Gasteiger charge is -2.24. The first-order chi connectivity index (χ1) is 19.7. The Bertz CT molecular complexity index is 1300. The maximum absolute atomic E-state index is 13.0. The molecule has 4 atom stereocenters. The number of hydroxylamine groups is 1. The van der Waals surface area contributed by atoms with E-state index in [-0.39, 0.29) is 6.54 Å². The van der Waals surface area contributed by atoms with Crippen molar-refractivity contribution >= 4 is 6.21 Å². The van der Waals surface area contributed by atoms with Crippen molar-refractivity contribution < 1.29 is 23.7 Å². The Morgan fingerprint density at radius 2 is 1.05 bits per heavy atom. The van der Waals surface area contributed by atoms with Crippen LogP contribution in [0.2, 0.25) is 0 Å². The van der Waals surface area contributed by atoms with Crippen LogP contribution in [0.1, 0.15) is 22.3 Å². The van der Waals surface area contributed by atoms with Gasteiger partial charge in [0.25, 0.3) is 0 Å². The highest BCUT2D eigenvalue weighted by atomic mass is 16.6. The molecule has 0 saturated carbocycles. The molecule has 4 aromatic rings. The van der Waals surface area contributed by atoms with Gasteiger partial charge in [-0.2, -0.15) is 0 Å². The van der Waals surface area contributed by atoms with E-state index in [2.05, 4.69) is 0 Å². The van der Waals surface area contributed by atoms with Crippen LogP contribution in [0, 0.1) is 5.21 Å². The first-order valence-electron chi connectivity index (χ1n) is 13.7. The monoisotopic (exact) mass is 537 g/mol. The molecule has 1 fully saturated rings. The van der Waals surface area contributed by atoms with Crippen molar-refractivity contribution in [2.75, 3.05) is 6.61 Å². The molecule has 6 heteroatoms. The molecule has 40 heavy (non-hydrogen) atoms. The topological polar surface area (TPSA) is 63.0 Å². The Morgan fingerprint density at radius 3 is 1.57 bits per heavy atom. The zero-order chi connectivity index (χ0) is 27.4. The number of benzene rings is 4. The largest absolute Gasteiger partial charge is 0.624 e. The highest BCUT2D eigenvalue weighted by Crippen LogP contribution is 2.28. The third kappa shape index (κ3) is 8.10. The van der Waals surface area contributed by atoms with E-state index in [1.165, 1.54) is 0 Å². The molecule has 1 aliphatic rings. The molecule has 5 rings (SSSR count). The molecule has 1 saturated heterocycles. The summed E-state index contributed by atoms with van der Waals surface area (Å²) in [5.41, 5.74) is 4.09. The molecule has 0 aliphatic carbocycles. The van der Waals surface area contributed by atoms with Crippen LogP contribution in [0.25, 0.3) is 0 Å². The van der Waals surface area contributed by atoms with Gasteiger partial charge in [0, 0.05) is 5.56 Å². The van der Waals surface area contributed by atoms with E-state index >= 15 is 0 Å². The number of hydrogen-bond donors (Lipinski definition) is 0. The van der Waals surface area contributed by atoms with Crippen LogP contribution >= 0.6 is 0 Å². The summed E-state index contributed by atoms with van der Waals surface area (Å²) in [7, 11) is 0. The molecular formula is C34H35NO5. The summed E-state index contributed by atoms with van der Waals surface area (Å²) in [6.45, 7) is 1.75. The van der Waals surface area contributed by atoms with Crippen LogP contribution in [-0.2, 0) is 45.3 Å². The zero-order valence-electron chi connectivity index (χ0n) is 22.5. The zero-order valence-corrected chi connectivity index (χ0v) is 22.5. The Morgan fingerprint density at radius 1 is 0.600 bits per heavy atom. The molecular weight excluding hydrogens is 502 g/mol. The van der Waals surface area contributed by atoms with Crippen molar-refractivity contribution in [3.8, 4) is 0 Å². The van der Waals surface area contributed by atoms with Crippen molar-refractivity contribution in [2.24, 2.45) is 0 Å². The minimum atomic E-state index is -0.601. The van der Waals surface area contributed by atoms with Gasteiger partial charge >= 0.3 is 0 Å². The molecule has 1 aliphatic heterocycles. The Balaban J connectivity index is 1.35. The number of nitrogens with zero attached hydrogens (tertiary/aromatic N) is 1. The van der Waals surface area contributed by atoms with Gasteiger partial charge in [-0.15, -0.1) is 0 Å².